The Morgan fingerprint density at radius 3 is 2.70 bits per heavy atom. The Bertz CT molecular complexity index is 564. The first-order valence-electron chi connectivity index (χ1n) is 7.43. The van der Waals surface area contributed by atoms with Crippen molar-refractivity contribution in [2.75, 3.05) is 13.2 Å². The highest BCUT2D eigenvalue weighted by molar-refractivity contribution is 5.75. The second kappa shape index (κ2) is 6.37. The van der Waals surface area contributed by atoms with E-state index in [1.54, 1.807) is 0 Å². The van der Waals surface area contributed by atoms with Crippen LogP contribution in [0.25, 0.3) is 11.0 Å². The number of nitrogens with zero attached hydrogens (tertiary/aromatic N) is 2. The van der Waals surface area contributed by atoms with E-state index in [0.29, 0.717) is 0 Å². The lowest BCUT2D eigenvalue weighted by molar-refractivity contribution is 0.159. The second-order valence-corrected chi connectivity index (χ2v) is 5.60. The van der Waals surface area contributed by atoms with Crippen LogP contribution in [0.5, 0.6) is 0 Å². The van der Waals surface area contributed by atoms with Crippen LogP contribution in [0.15, 0.2) is 24.3 Å². The molecule has 0 aliphatic heterocycles. The van der Waals surface area contributed by atoms with Gasteiger partial charge in [0.1, 0.15) is 5.82 Å². The second-order valence-electron chi connectivity index (χ2n) is 5.60. The maximum Gasteiger partial charge on any atom is 0.109 e. The normalized spacial score (nSPS) is 14.6. The van der Waals surface area contributed by atoms with Crippen molar-refractivity contribution in [2.24, 2.45) is 0 Å². The van der Waals surface area contributed by atoms with E-state index < -0.39 is 0 Å². The van der Waals surface area contributed by atoms with Crippen molar-refractivity contribution in [3.8, 4) is 0 Å². The highest BCUT2D eigenvalue weighted by Gasteiger charge is 2.24. The number of likely N-dealkylation sites (N-methyl/N-ethyl adjacent to an activating group) is 1. The fourth-order valence-electron chi connectivity index (χ4n) is 2.65. The van der Waals surface area contributed by atoms with Gasteiger partial charge in [-0.3, -0.25) is 0 Å². The van der Waals surface area contributed by atoms with Crippen molar-refractivity contribution in [3.63, 3.8) is 0 Å². The molecular formula is C16H25N3O. The first-order valence-corrected chi connectivity index (χ1v) is 7.43. The van der Waals surface area contributed by atoms with Crippen LogP contribution in [0.3, 0.4) is 0 Å². The highest BCUT2D eigenvalue weighted by atomic mass is 16.3. The minimum atomic E-state index is -0.319. The minimum absolute atomic E-state index is 0.110. The van der Waals surface area contributed by atoms with Gasteiger partial charge in [-0.15, -0.1) is 0 Å². The molecule has 1 atom stereocenters. The number of aromatic nitrogens is 2. The van der Waals surface area contributed by atoms with Crippen molar-refractivity contribution in [3.05, 3.63) is 30.1 Å². The summed E-state index contributed by atoms with van der Waals surface area (Å²) in [5.41, 5.74) is 1.86. The largest absolute Gasteiger partial charge is 0.394 e. The molecule has 2 rings (SSSR count). The van der Waals surface area contributed by atoms with Gasteiger partial charge in [0, 0.05) is 13.0 Å². The van der Waals surface area contributed by atoms with Gasteiger partial charge in [-0.05, 0) is 32.0 Å². The molecule has 0 saturated carbocycles. The van der Waals surface area contributed by atoms with E-state index in [1.807, 2.05) is 12.1 Å². The van der Waals surface area contributed by atoms with Crippen molar-refractivity contribution in [1.82, 2.24) is 14.9 Å². The fraction of sp³-hybridized carbons (Fsp3) is 0.562. The average Bonchev–Trinajstić information content (AvgIpc) is 2.78. The van der Waals surface area contributed by atoms with Crippen LogP contribution in [0, 0.1) is 0 Å². The molecule has 4 nitrogen and oxygen atoms in total. The SMILES string of the molecule is CCCc1nc2ccccc2n1CC(C)(CO)NCC. The third-order valence-corrected chi connectivity index (χ3v) is 3.67. The minimum Gasteiger partial charge on any atom is -0.394 e. The smallest absolute Gasteiger partial charge is 0.109 e. The molecule has 20 heavy (non-hydrogen) atoms. The summed E-state index contributed by atoms with van der Waals surface area (Å²) in [7, 11) is 0. The predicted octanol–water partition coefficient (Wildman–Crippen LogP) is 2.35. The van der Waals surface area contributed by atoms with Crippen molar-refractivity contribution >= 4 is 11.0 Å². The molecule has 0 aliphatic rings. The molecule has 0 saturated heterocycles. The summed E-state index contributed by atoms with van der Waals surface area (Å²) < 4.78 is 2.25. The molecule has 0 radical (unpaired) electrons. The van der Waals surface area contributed by atoms with Crippen LogP contribution in [-0.2, 0) is 13.0 Å². The zero-order valence-corrected chi connectivity index (χ0v) is 12.7. The van der Waals surface area contributed by atoms with Crippen LogP contribution in [0.1, 0.15) is 33.0 Å². The van der Waals surface area contributed by atoms with Gasteiger partial charge in [0.2, 0.25) is 0 Å². The standard InChI is InChI=1S/C16H25N3O/c1-4-8-15-18-13-9-6-7-10-14(13)19(15)11-16(3,12-20)17-5-2/h6-7,9-10,17,20H,4-5,8,11-12H2,1-3H3. The van der Waals surface area contributed by atoms with Crippen LogP contribution >= 0.6 is 0 Å². The summed E-state index contributed by atoms with van der Waals surface area (Å²) in [6.07, 6.45) is 2.03. The number of hydrogen-bond acceptors (Lipinski definition) is 3. The van der Waals surface area contributed by atoms with E-state index >= 15 is 0 Å². The van der Waals surface area contributed by atoms with E-state index in [2.05, 4.69) is 42.8 Å². The fourth-order valence-corrected chi connectivity index (χ4v) is 2.65. The molecular weight excluding hydrogens is 250 g/mol. The molecule has 0 bridgehead atoms. The monoisotopic (exact) mass is 275 g/mol. The Morgan fingerprint density at radius 2 is 2.05 bits per heavy atom. The Labute approximate surface area is 120 Å². The maximum atomic E-state index is 9.71. The number of hydrogen-bond donors (Lipinski definition) is 2. The summed E-state index contributed by atoms with van der Waals surface area (Å²) in [6.45, 7) is 7.96. The number of fused-ring (bicyclic) bond motifs is 1. The lowest BCUT2D eigenvalue weighted by atomic mass is 10.0. The number of benzene rings is 1. The Balaban J connectivity index is 2.42. The van der Waals surface area contributed by atoms with Crippen LogP contribution in [0.4, 0.5) is 0 Å². The maximum absolute atomic E-state index is 9.71. The summed E-state index contributed by atoms with van der Waals surface area (Å²) >= 11 is 0. The van der Waals surface area contributed by atoms with Gasteiger partial charge in [-0.1, -0.05) is 26.0 Å². The number of nitrogens with one attached hydrogen (secondary N) is 1. The number of imidazole rings is 1. The Morgan fingerprint density at radius 1 is 1.30 bits per heavy atom. The van der Waals surface area contributed by atoms with Gasteiger partial charge in [0.25, 0.3) is 0 Å². The third kappa shape index (κ3) is 3.02. The van der Waals surface area contributed by atoms with Crippen LogP contribution in [-0.4, -0.2) is 33.3 Å². The average molecular weight is 275 g/mol. The number of aryl methyl sites for hydroxylation is 1. The lowest BCUT2D eigenvalue weighted by Gasteiger charge is -2.29. The van der Waals surface area contributed by atoms with E-state index in [1.165, 1.54) is 0 Å². The number of aliphatic hydroxyl groups is 1. The number of para-hydroxylation sites is 2. The summed E-state index contributed by atoms with van der Waals surface area (Å²) in [4.78, 5) is 4.73. The molecule has 1 aromatic heterocycles. The zero-order chi connectivity index (χ0) is 14.6. The van der Waals surface area contributed by atoms with E-state index in [4.69, 9.17) is 4.98 Å². The molecule has 110 valence electrons. The molecule has 1 unspecified atom stereocenters. The van der Waals surface area contributed by atoms with Gasteiger partial charge in [0.05, 0.1) is 23.2 Å². The molecule has 0 fully saturated rings. The third-order valence-electron chi connectivity index (χ3n) is 3.67. The molecule has 2 N–H and O–H groups in total. The molecule has 2 aromatic rings. The quantitative estimate of drug-likeness (QED) is 0.815. The number of rotatable bonds is 7. The van der Waals surface area contributed by atoms with Crippen molar-refractivity contribution in [1.29, 1.82) is 0 Å². The van der Waals surface area contributed by atoms with Gasteiger partial charge < -0.3 is 15.0 Å². The van der Waals surface area contributed by atoms with Crippen LogP contribution < -0.4 is 5.32 Å². The Hall–Kier alpha value is -1.39. The molecule has 0 amide bonds. The molecule has 1 heterocycles. The van der Waals surface area contributed by atoms with Gasteiger partial charge in [-0.25, -0.2) is 4.98 Å². The lowest BCUT2D eigenvalue weighted by Crippen LogP contribution is -2.49. The van der Waals surface area contributed by atoms with Gasteiger partial charge in [-0.2, -0.15) is 0 Å². The number of aliphatic hydroxyl groups excluding tert-OH is 1. The first-order chi connectivity index (χ1) is 9.63. The van der Waals surface area contributed by atoms with Gasteiger partial charge in [0.15, 0.2) is 0 Å². The summed E-state index contributed by atoms with van der Waals surface area (Å²) in [5, 5.41) is 13.1. The summed E-state index contributed by atoms with van der Waals surface area (Å²) in [6, 6.07) is 8.21. The molecule has 1 aromatic carbocycles. The van der Waals surface area contributed by atoms with Crippen LogP contribution in [0.2, 0.25) is 0 Å². The zero-order valence-electron chi connectivity index (χ0n) is 12.7. The first kappa shape index (κ1) is 15.0. The van der Waals surface area contributed by atoms with Crippen molar-refractivity contribution in [2.45, 2.75) is 45.7 Å². The van der Waals surface area contributed by atoms with Crippen molar-refractivity contribution < 1.29 is 5.11 Å². The summed E-state index contributed by atoms with van der Waals surface area (Å²) in [5.74, 6) is 1.10. The molecule has 4 heteroatoms. The van der Waals surface area contributed by atoms with E-state index in [9.17, 15) is 5.11 Å². The van der Waals surface area contributed by atoms with Gasteiger partial charge >= 0.3 is 0 Å². The Kier molecular flexibility index (Phi) is 4.78. The highest BCUT2D eigenvalue weighted by Crippen LogP contribution is 2.20. The predicted molar refractivity (Wildman–Crippen MR) is 82.9 cm³/mol. The topological polar surface area (TPSA) is 50.1 Å². The van der Waals surface area contributed by atoms with E-state index in [0.717, 1.165) is 42.8 Å². The van der Waals surface area contributed by atoms with E-state index in [-0.39, 0.29) is 12.1 Å². The molecule has 0 aliphatic carbocycles. The molecule has 0 spiro atoms.